The van der Waals surface area contributed by atoms with Crippen LogP contribution in [0.2, 0.25) is 0 Å². The zero-order valence-electron chi connectivity index (χ0n) is 13.3. The lowest BCUT2D eigenvalue weighted by atomic mass is 9.75. The number of piperidine rings is 1. The van der Waals surface area contributed by atoms with Crippen LogP contribution in [0.25, 0.3) is 0 Å². The number of rotatable bonds is 6. The van der Waals surface area contributed by atoms with Crippen LogP contribution in [0.3, 0.4) is 0 Å². The number of amides is 1. The van der Waals surface area contributed by atoms with Crippen LogP contribution in [0.4, 0.5) is 0 Å². The van der Waals surface area contributed by atoms with Gasteiger partial charge >= 0.3 is 0 Å². The summed E-state index contributed by atoms with van der Waals surface area (Å²) in [5, 5.41) is 3.36. The molecule has 1 aliphatic carbocycles. The molecule has 0 radical (unpaired) electrons. The molecular formula is C16H31N3O. The topological polar surface area (TPSA) is 58.4 Å². The van der Waals surface area contributed by atoms with Crippen molar-refractivity contribution in [3.05, 3.63) is 0 Å². The molecule has 1 amide bonds. The third-order valence-electron chi connectivity index (χ3n) is 4.90. The van der Waals surface area contributed by atoms with E-state index in [2.05, 4.69) is 31.0 Å². The van der Waals surface area contributed by atoms with Crippen LogP contribution < -0.4 is 11.1 Å². The second kappa shape index (κ2) is 6.44. The molecule has 116 valence electrons. The molecule has 2 aliphatic rings. The summed E-state index contributed by atoms with van der Waals surface area (Å²) in [7, 11) is 0. The Kier molecular flexibility index (Phi) is 5.08. The molecule has 0 aromatic heterocycles. The second-order valence-corrected chi connectivity index (χ2v) is 7.67. The summed E-state index contributed by atoms with van der Waals surface area (Å²) in [5.41, 5.74) is 5.91. The molecule has 0 bridgehead atoms. The Labute approximate surface area is 123 Å². The summed E-state index contributed by atoms with van der Waals surface area (Å²) in [6.45, 7) is 10.3. The van der Waals surface area contributed by atoms with Crippen molar-refractivity contribution in [2.45, 2.75) is 65.0 Å². The van der Waals surface area contributed by atoms with Crippen molar-refractivity contribution in [1.82, 2.24) is 10.2 Å². The normalized spacial score (nSPS) is 23.8. The molecule has 1 unspecified atom stereocenters. The standard InChI is InChI=1S/C16H31N3O/c1-16(2,3)12-6-9-19(10-7-12)11-8-14(15(17)20)18-13-4-5-13/h12-14,18H,4-11H2,1-3H3,(H2,17,20). The smallest absolute Gasteiger partial charge is 0.234 e. The Balaban J connectivity index is 1.70. The van der Waals surface area contributed by atoms with Crippen molar-refractivity contribution in [3.63, 3.8) is 0 Å². The number of likely N-dealkylation sites (tertiary alicyclic amines) is 1. The first kappa shape index (κ1) is 15.8. The Hall–Kier alpha value is -0.610. The highest BCUT2D eigenvalue weighted by Gasteiger charge is 2.30. The van der Waals surface area contributed by atoms with Gasteiger partial charge in [-0.15, -0.1) is 0 Å². The number of hydrogen-bond donors (Lipinski definition) is 2. The van der Waals surface area contributed by atoms with Crippen LogP contribution in [0.5, 0.6) is 0 Å². The lowest BCUT2D eigenvalue weighted by molar-refractivity contribution is -0.120. The lowest BCUT2D eigenvalue weighted by Gasteiger charge is -2.39. The maximum absolute atomic E-state index is 11.5. The average Bonchev–Trinajstić information content (AvgIpc) is 3.17. The minimum absolute atomic E-state index is 0.136. The minimum Gasteiger partial charge on any atom is -0.368 e. The van der Waals surface area contributed by atoms with Crippen molar-refractivity contribution < 1.29 is 4.79 Å². The third-order valence-corrected chi connectivity index (χ3v) is 4.90. The van der Waals surface area contributed by atoms with Gasteiger partial charge < -0.3 is 16.0 Å². The highest BCUT2D eigenvalue weighted by Crippen LogP contribution is 2.34. The summed E-state index contributed by atoms with van der Waals surface area (Å²) in [6, 6.07) is 0.405. The molecule has 20 heavy (non-hydrogen) atoms. The Morgan fingerprint density at radius 3 is 2.30 bits per heavy atom. The van der Waals surface area contributed by atoms with E-state index >= 15 is 0 Å². The predicted octanol–water partition coefficient (Wildman–Crippen LogP) is 1.74. The van der Waals surface area contributed by atoms with Crippen LogP contribution in [-0.4, -0.2) is 42.5 Å². The number of nitrogens with two attached hydrogens (primary N) is 1. The molecule has 0 aromatic rings. The first-order chi connectivity index (χ1) is 9.36. The van der Waals surface area contributed by atoms with E-state index in [4.69, 9.17) is 5.73 Å². The predicted molar refractivity (Wildman–Crippen MR) is 82.4 cm³/mol. The maximum Gasteiger partial charge on any atom is 0.234 e. The molecule has 1 saturated carbocycles. The van der Waals surface area contributed by atoms with Gasteiger partial charge in [-0.1, -0.05) is 20.8 Å². The molecule has 4 heteroatoms. The van der Waals surface area contributed by atoms with Gasteiger partial charge in [-0.3, -0.25) is 4.79 Å². The maximum atomic E-state index is 11.5. The Morgan fingerprint density at radius 2 is 1.85 bits per heavy atom. The fourth-order valence-electron chi connectivity index (χ4n) is 3.18. The fraction of sp³-hybridized carbons (Fsp3) is 0.938. The molecule has 1 aliphatic heterocycles. The van der Waals surface area contributed by atoms with E-state index in [0.29, 0.717) is 11.5 Å². The first-order valence-electron chi connectivity index (χ1n) is 8.14. The summed E-state index contributed by atoms with van der Waals surface area (Å²) in [4.78, 5) is 14.0. The molecule has 1 atom stereocenters. The van der Waals surface area contributed by atoms with E-state index < -0.39 is 0 Å². The Morgan fingerprint density at radius 1 is 1.25 bits per heavy atom. The van der Waals surface area contributed by atoms with Gasteiger partial charge in [-0.05, 0) is 56.5 Å². The van der Waals surface area contributed by atoms with Crippen LogP contribution in [0, 0.1) is 11.3 Å². The van der Waals surface area contributed by atoms with Gasteiger partial charge in [0.1, 0.15) is 0 Å². The average molecular weight is 281 g/mol. The molecule has 2 rings (SSSR count). The minimum atomic E-state index is -0.193. The number of carbonyl (C=O) groups excluding carboxylic acids is 1. The van der Waals surface area contributed by atoms with E-state index in [1.807, 2.05) is 0 Å². The molecule has 1 saturated heterocycles. The van der Waals surface area contributed by atoms with Crippen molar-refractivity contribution in [1.29, 1.82) is 0 Å². The monoisotopic (exact) mass is 281 g/mol. The van der Waals surface area contributed by atoms with Crippen LogP contribution >= 0.6 is 0 Å². The van der Waals surface area contributed by atoms with E-state index in [1.165, 1.54) is 25.7 Å². The second-order valence-electron chi connectivity index (χ2n) is 7.67. The fourth-order valence-corrected chi connectivity index (χ4v) is 3.18. The lowest BCUT2D eigenvalue weighted by Crippen LogP contribution is -2.46. The highest BCUT2D eigenvalue weighted by molar-refractivity contribution is 5.79. The number of hydrogen-bond acceptors (Lipinski definition) is 3. The van der Waals surface area contributed by atoms with Crippen LogP contribution in [0.1, 0.15) is 52.9 Å². The quantitative estimate of drug-likeness (QED) is 0.779. The van der Waals surface area contributed by atoms with E-state index in [9.17, 15) is 4.79 Å². The summed E-state index contributed by atoms with van der Waals surface area (Å²) in [5.74, 6) is 0.636. The van der Waals surface area contributed by atoms with Gasteiger partial charge in [0.2, 0.25) is 5.91 Å². The molecule has 1 heterocycles. The van der Waals surface area contributed by atoms with Gasteiger partial charge in [0.15, 0.2) is 0 Å². The zero-order valence-corrected chi connectivity index (χ0v) is 13.3. The number of primary amides is 1. The molecule has 0 aromatic carbocycles. The summed E-state index contributed by atoms with van der Waals surface area (Å²) >= 11 is 0. The Bertz CT molecular complexity index is 325. The molecular weight excluding hydrogens is 250 g/mol. The van der Waals surface area contributed by atoms with Crippen LogP contribution in [0.15, 0.2) is 0 Å². The van der Waals surface area contributed by atoms with Gasteiger partial charge in [0.25, 0.3) is 0 Å². The van der Waals surface area contributed by atoms with Crippen molar-refractivity contribution in [2.75, 3.05) is 19.6 Å². The van der Waals surface area contributed by atoms with Crippen LogP contribution in [-0.2, 0) is 4.79 Å². The van der Waals surface area contributed by atoms with E-state index in [1.54, 1.807) is 0 Å². The number of nitrogens with zero attached hydrogens (tertiary/aromatic N) is 1. The van der Waals surface area contributed by atoms with E-state index in [0.717, 1.165) is 32.0 Å². The van der Waals surface area contributed by atoms with Gasteiger partial charge in [-0.2, -0.15) is 0 Å². The SMILES string of the molecule is CC(C)(C)C1CCN(CCC(NC2CC2)C(N)=O)CC1. The number of carbonyl (C=O) groups is 1. The van der Waals surface area contributed by atoms with Crippen molar-refractivity contribution in [3.8, 4) is 0 Å². The zero-order chi connectivity index (χ0) is 14.8. The van der Waals surface area contributed by atoms with Crippen molar-refractivity contribution in [2.24, 2.45) is 17.1 Å². The largest absolute Gasteiger partial charge is 0.368 e. The number of nitrogens with one attached hydrogen (secondary N) is 1. The van der Waals surface area contributed by atoms with Crippen molar-refractivity contribution >= 4 is 5.91 Å². The summed E-state index contributed by atoms with van der Waals surface area (Å²) < 4.78 is 0. The molecule has 0 spiro atoms. The highest BCUT2D eigenvalue weighted by atomic mass is 16.1. The third kappa shape index (κ3) is 4.74. The molecule has 4 nitrogen and oxygen atoms in total. The first-order valence-corrected chi connectivity index (χ1v) is 8.14. The summed E-state index contributed by atoms with van der Waals surface area (Å²) in [6.07, 6.45) is 5.80. The van der Waals surface area contributed by atoms with Gasteiger partial charge in [0, 0.05) is 12.6 Å². The van der Waals surface area contributed by atoms with Gasteiger partial charge in [-0.25, -0.2) is 0 Å². The molecule has 3 N–H and O–H groups in total. The van der Waals surface area contributed by atoms with Gasteiger partial charge in [0.05, 0.1) is 6.04 Å². The molecule has 2 fully saturated rings. The van der Waals surface area contributed by atoms with E-state index in [-0.39, 0.29) is 11.9 Å².